The highest BCUT2D eigenvalue weighted by Gasteiger charge is 2.34. The molecule has 10 heteroatoms. The van der Waals surface area contributed by atoms with Gasteiger partial charge in [-0.15, -0.1) is 0 Å². The normalized spacial score (nSPS) is 12.6. The Morgan fingerprint density at radius 3 is 2.10 bits per heavy atom. The number of rotatable bonds is 14. The van der Waals surface area contributed by atoms with Gasteiger partial charge in [-0.2, -0.15) is 0 Å². The first-order valence-electron chi connectivity index (χ1n) is 14.0. The average molecular weight is 596 g/mol. The van der Waals surface area contributed by atoms with Gasteiger partial charge in [0, 0.05) is 18.7 Å². The van der Waals surface area contributed by atoms with E-state index < -0.39 is 28.5 Å². The zero-order valence-corrected chi connectivity index (χ0v) is 26.0. The molecule has 0 bridgehead atoms. The van der Waals surface area contributed by atoms with E-state index in [2.05, 4.69) is 5.32 Å². The number of benzene rings is 3. The molecule has 0 saturated carbocycles. The van der Waals surface area contributed by atoms with Crippen molar-refractivity contribution in [2.75, 3.05) is 25.1 Å². The fourth-order valence-electron chi connectivity index (χ4n) is 4.48. The van der Waals surface area contributed by atoms with Gasteiger partial charge in [-0.3, -0.25) is 13.9 Å². The van der Waals surface area contributed by atoms with Crippen LogP contribution >= 0.6 is 0 Å². The Labute approximate surface area is 249 Å². The van der Waals surface area contributed by atoms with E-state index in [9.17, 15) is 18.0 Å². The summed E-state index contributed by atoms with van der Waals surface area (Å²) in [5.41, 5.74) is 2.11. The molecular weight excluding hydrogens is 554 g/mol. The van der Waals surface area contributed by atoms with Crippen molar-refractivity contribution in [2.24, 2.45) is 0 Å². The molecule has 2 unspecified atom stereocenters. The molecule has 2 atom stereocenters. The van der Waals surface area contributed by atoms with Crippen molar-refractivity contribution in [3.8, 4) is 11.5 Å². The maximum atomic E-state index is 14.2. The molecule has 226 valence electrons. The van der Waals surface area contributed by atoms with E-state index in [0.717, 1.165) is 21.9 Å². The zero-order valence-electron chi connectivity index (χ0n) is 25.2. The van der Waals surface area contributed by atoms with Gasteiger partial charge >= 0.3 is 0 Å². The van der Waals surface area contributed by atoms with Gasteiger partial charge < -0.3 is 19.7 Å². The number of hydrogen-bond donors (Lipinski definition) is 1. The summed E-state index contributed by atoms with van der Waals surface area (Å²) in [7, 11) is -1.26. The summed E-state index contributed by atoms with van der Waals surface area (Å²) in [6, 6.07) is 19.4. The Bertz CT molecular complexity index is 1440. The Morgan fingerprint density at radius 2 is 1.52 bits per heavy atom. The van der Waals surface area contributed by atoms with Crippen LogP contribution in [0.5, 0.6) is 11.5 Å². The summed E-state index contributed by atoms with van der Waals surface area (Å²) in [4.78, 5) is 29.1. The number of nitrogens with zero attached hydrogens (tertiary/aromatic N) is 2. The van der Waals surface area contributed by atoms with Crippen molar-refractivity contribution in [3.63, 3.8) is 0 Å². The van der Waals surface area contributed by atoms with Crippen molar-refractivity contribution >= 4 is 27.5 Å². The summed E-state index contributed by atoms with van der Waals surface area (Å²) in [5, 5.41) is 2.98. The molecular formula is C32H41N3O6S. The second-order valence-electron chi connectivity index (χ2n) is 10.1. The maximum Gasteiger partial charge on any atom is 0.264 e. The van der Waals surface area contributed by atoms with Crippen molar-refractivity contribution in [3.05, 3.63) is 83.9 Å². The number of anilines is 1. The van der Waals surface area contributed by atoms with E-state index in [1.807, 2.05) is 52.0 Å². The first-order chi connectivity index (χ1) is 20.0. The molecule has 2 amide bonds. The van der Waals surface area contributed by atoms with Crippen LogP contribution in [-0.2, 0) is 26.2 Å². The summed E-state index contributed by atoms with van der Waals surface area (Å²) >= 11 is 0. The number of sulfonamides is 1. The van der Waals surface area contributed by atoms with Gasteiger partial charge in [0.1, 0.15) is 12.6 Å². The highest BCUT2D eigenvalue weighted by molar-refractivity contribution is 7.92. The van der Waals surface area contributed by atoms with E-state index in [0.29, 0.717) is 17.9 Å². The highest BCUT2D eigenvalue weighted by atomic mass is 32.2. The summed E-state index contributed by atoms with van der Waals surface area (Å²) in [5.74, 6) is -0.0723. The molecule has 3 rings (SSSR count). The van der Waals surface area contributed by atoms with Gasteiger partial charge in [-0.25, -0.2) is 8.42 Å². The second kappa shape index (κ2) is 14.7. The first kappa shape index (κ1) is 32.5. The van der Waals surface area contributed by atoms with Gasteiger partial charge in [0.2, 0.25) is 11.8 Å². The molecule has 0 aromatic heterocycles. The van der Waals surface area contributed by atoms with E-state index in [4.69, 9.17) is 9.47 Å². The standard InChI is InChI=1S/C32H41N3O6S/c1-7-24(4)33-32(37)28(8-2)34(21-25-16-14-23(3)15-17-25)31(36)22-35(42(38,39)27-12-10-9-11-13-27)26-18-19-29(40-5)30(20-26)41-6/h9-20,24,28H,7-8,21-22H2,1-6H3,(H,33,37). The Morgan fingerprint density at radius 1 is 0.881 bits per heavy atom. The molecule has 0 fully saturated rings. The summed E-state index contributed by atoms with van der Waals surface area (Å²) in [6.07, 6.45) is 1.08. The van der Waals surface area contributed by atoms with Gasteiger partial charge in [0.05, 0.1) is 24.8 Å². The number of carbonyl (C=O) groups is 2. The first-order valence-corrected chi connectivity index (χ1v) is 15.4. The molecule has 3 aromatic rings. The molecule has 0 aliphatic heterocycles. The molecule has 42 heavy (non-hydrogen) atoms. The van der Waals surface area contributed by atoms with Crippen molar-refractivity contribution in [1.29, 1.82) is 0 Å². The van der Waals surface area contributed by atoms with Crippen LogP contribution < -0.4 is 19.1 Å². The van der Waals surface area contributed by atoms with E-state index >= 15 is 0 Å². The zero-order chi connectivity index (χ0) is 30.9. The van der Waals surface area contributed by atoms with Crippen molar-refractivity contribution in [1.82, 2.24) is 10.2 Å². The summed E-state index contributed by atoms with van der Waals surface area (Å²) in [6.45, 7) is 7.28. The minimum absolute atomic E-state index is 0.0271. The quantitative estimate of drug-likeness (QED) is 0.283. The predicted molar refractivity (Wildman–Crippen MR) is 164 cm³/mol. The lowest BCUT2D eigenvalue weighted by Gasteiger charge is -2.34. The monoisotopic (exact) mass is 595 g/mol. The Hall–Kier alpha value is -4.05. The Kier molecular flexibility index (Phi) is 11.4. The molecule has 0 spiro atoms. The smallest absolute Gasteiger partial charge is 0.264 e. The van der Waals surface area contributed by atoms with Gasteiger partial charge in [0.15, 0.2) is 11.5 Å². The third-order valence-corrected chi connectivity index (χ3v) is 8.91. The van der Waals surface area contributed by atoms with Gasteiger partial charge in [-0.05, 0) is 56.5 Å². The van der Waals surface area contributed by atoms with Crippen LogP contribution in [0.4, 0.5) is 5.69 Å². The van der Waals surface area contributed by atoms with Crippen LogP contribution in [0.1, 0.15) is 44.7 Å². The minimum atomic E-state index is -4.19. The number of hydrogen-bond acceptors (Lipinski definition) is 6. The third-order valence-electron chi connectivity index (χ3n) is 7.13. The van der Waals surface area contributed by atoms with E-state index in [1.165, 1.54) is 37.3 Å². The predicted octanol–water partition coefficient (Wildman–Crippen LogP) is 4.93. The van der Waals surface area contributed by atoms with E-state index in [1.54, 1.807) is 30.3 Å². The second-order valence-corrected chi connectivity index (χ2v) is 12.0. The van der Waals surface area contributed by atoms with Crippen LogP contribution in [0, 0.1) is 6.92 Å². The van der Waals surface area contributed by atoms with Crippen molar-refractivity contribution in [2.45, 2.75) is 64.1 Å². The van der Waals surface area contributed by atoms with Crippen LogP contribution in [0.3, 0.4) is 0 Å². The molecule has 1 N–H and O–H groups in total. The number of amides is 2. The lowest BCUT2D eigenvalue weighted by atomic mass is 10.1. The number of aryl methyl sites for hydroxylation is 1. The highest BCUT2D eigenvalue weighted by Crippen LogP contribution is 2.34. The SMILES string of the molecule is CCC(C)NC(=O)C(CC)N(Cc1ccc(C)cc1)C(=O)CN(c1ccc(OC)c(OC)c1)S(=O)(=O)c1ccccc1. The topological polar surface area (TPSA) is 105 Å². The molecule has 3 aromatic carbocycles. The largest absolute Gasteiger partial charge is 0.493 e. The van der Waals surface area contributed by atoms with Crippen LogP contribution in [0.15, 0.2) is 77.7 Å². The lowest BCUT2D eigenvalue weighted by molar-refractivity contribution is -0.140. The van der Waals surface area contributed by atoms with Crippen LogP contribution in [0.2, 0.25) is 0 Å². The van der Waals surface area contributed by atoms with Crippen molar-refractivity contribution < 1.29 is 27.5 Å². The fourth-order valence-corrected chi connectivity index (χ4v) is 5.91. The molecule has 0 aliphatic carbocycles. The lowest BCUT2D eigenvalue weighted by Crippen LogP contribution is -2.53. The van der Waals surface area contributed by atoms with Crippen LogP contribution in [0.25, 0.3) is 0 Å². The number of carbonyl (C=O) groups excluding carboxylic acids is 2. The molecule has 0 aliphatic rings. The fraction of sp³-hybridized carbons (Fsp3) is 0.375. The molecule has 0 heterocycles. The average Bonchev–Trinajstić information content (AvgIpc) is 3.00. The molecule has 0 radical (unpaired) electrons. The Balaban J connectivity index is 2.10. The van der Waals surface area contributed by atoms with E-state index in [-0.39, 0.29) is 29.1 Å². The number of ether oxygens (including phenoxy) is 2. The van der Waals surface area contributed by atoms with Gasteiger partial charge in [0.25, 0.3) is 10.0 Å². The summed E-state index contributed by atoms with van der Waals surface area (Å²) < 4.78 is 39.8. The minimum Gasteiger partial charge on any atom is -0.493 e. The molecule has 9 nitrogen and oxygen atoms in total. The van der Waals surface area contributed by atoms with Crippen LogP contribution in [-0.4, -0.2) is 58.0 Å². The molecule has 0 saturated heterocycles. The number of nitrogens with one attached hydrogen (secondary N) is 1. The maximum absolute atomic E-state index is 14.2. The third kappa shape index (κ3) is 7.82. The van der Waals surface area contributed by atoms with Gasteiger partial charge in [-0.1, -0.05) is 61.9 Å². The number of methoxy groups -OCH3 is 2.